The Morgan fingerprint density at radius 3 is 2.68 bits per heavy atom. The van der Waals surface area contributed by atoms with E-state index in [-0.39, 0.29) is 24.0 Å². The predicted octanol–water partition coefficient (Wildman–Crippen LogP) is 4.70. The standard InChI is InChI=1S/C28H31ClN6O2/c1-18-25-23(26(32-31-25)30-27(36)22-11-5-6-12-24(22)29)17-34(18)28(37)35-16-20-10-7-13-33(20)15-21(35)14-19-8-3-2-4-9-19/h2-6,8-9,11-12,18,20-21H,7,10,13-17H2,1H3,(H2,30,31,32,36)/t18?,20-,21-/m0/s1. The molecule has 3 amide bonds. The topological polar surface area (TPSA) is 84.6 Å². The highest BCUT2D eigenvalue weighted by molar-refractivity contribution is 6.34. The van der Waals surface area contributed by atoms with Crippen LogP contribution in [0.4, 0.5) is 10.6 Å². The molecule has 0 saturated carbocycles. The number of nitrogens with one attached hydrogen (secondary N) is 2. The van der Waals surface area contributed by atoms with Gasteiger partial charge in [-0.25, -0.2) is 4.79 Å². The lowest BCUT2D eigenvalue weighted by Gasteiger charge is -2.45. The number of hydrogen-bond acceptors (Lipinski definition) is 4. The molecule has 3 aliphatic rings. The molecule has 2 N–H and O–H groups in total. The summed E-state index contributed by atoms with van der Waals surface area (Å²) in [5.74, 6) is 0.126. The average Bonchev–Trinajstić information content (AvgIpc) is 3.61. The highest BCUT2D eigenvalue weighted by Crippen LogP contribution is 2.38. The Hall–Kier alpha value is -3.36. The molecule has 0 spiro atoms. The molecule has 4 heterocycles. The number of rotatable bonds is 4. The largest absolute Gasteiger partial charge is 0.321 e. The molecular formula is C28H31ClN6O2. The van der Waals surface area contributed by atoms with Crippen LogP contribution in [0.15, 0.2) is 54.6 Å². The SMILES string of the molecule is CC1c2[nH]nc(NC(=O)c3ccccc3Cl)c2CN1C(=O)N1C[C@@H]2CCCN2C[C@@H]1Cc1ccccc1. The summed E-state index contributed by atoms with van der Waals surface area (Å²) in [4.78, 5) is 33.5. The van der Waals surface area contributed by atoms with Gasteiger partial charge in [0.05, 0.1) is 34.9 Å². The van der Waals surface area contributed by atoms with Gasteiger partial charge in [0.2, 0.25) is 0 Å². The molecule has 8 nitrogen and oxygen atoms in total. The lowest BCUT2D eigenvalue weighted by atomic mass is 10.00. The summed E-state index contributed by atoms with van der Waals surface area (Å²) in [6.07, 6.45) is 3.16. The molecule has 2 saturated heterocycles. The minimum absolute atomic E-state index is 0.0490. The van der Waals surface area contributed by atoms with Gasteiger partial charge in [-0.3, -0.25) is 14.8 Å². The molecule has 6 rings (SSSR count). The number of benzene rings is 2. The molecule has 3 aliphatic heterocycles. The normalized spacial score (nSPS) is 23.1. The first-order valence-electron chi connectivity index (χ1n) is 13.0. The van der Waals surface area contributed by atoms with E-state index in [4.69, 9.17) is 11.6 Å². The van der Waals surface area contributed by atoms with Crippen molar-refractivity contribution in [3.8, 4) is 0 Å². The number of nitrogens with zero attached hydrogens (tertiary/aromatic N) is 4. The third-order valence-corrected chi connectivity index (χ3v) is 8.39. The van der Waals surface area contributed by atoms with Crippen LogP contribution in [0.1, 0.15) is 53.0 Å². The number of hydrogen-bond donors (Lipinski definition) is 2. The van der Waals surface area contributed by atoms with Crippen LogP contribution in [0.2, 0.25) is 5.02 Å². The van der Waals surface area contributed by atoms with Crippen LogP contribution in [0.25, 0.3) is 0 Å². The molecular weight excluding hydrogens is 488 g/mol. The third kappa shape index (κ3) is 4.49. The van der Waals surface area contributed by atoms with Gasteiger partial charge in [0.1, 0.15) is 0 Å². The number of aromatic nitrogens is 2. The third-order valence-electron chi connectivity index (χ3n) is 8.06. The Balaban J connectivity index is 1.21. The fraction of sp³-hybridized carbons (Fsp3) is 0.393. The second-order valence-corrected chi connectivity index (χ2v) is 10.7. The Morgan fingerprint density at radius 2 is 1.86 bits per heavy atom. The molecule has 2 fully saturated rings. The summed E-state index contributed by atoms with van der Waals surface area (Å²) in [6, 6.07) is 17.8. The van der Waals surface area contributed by atoms with Gasteiger partial charge < -0.3 is 15.1 Å². The zero-order valence-corrected chi connectivity index (χ0v) is 21.6. The number of anilines is 1. The summed E-state index contributed by atoms with van der Waals surface area (Å²) in [7, 11) is 0. The molecule has 1 unspecified atom stereocenters. The number of halogens is 1. The number of carbonyl (C=O) groups is 2. The summed E-state index contributed by atoms with van der Waals surface area (Å²) >= 11 is 6.21. The van der Waals surface area contributed by atoms with Gasteiger partial charge in [-0.15, -0.1) is 0 Å². The first-order chi connectivity index (χ1) is 18.0. The van der Waals surface area contributed by atoms with Crippen molar-refractivity contribution in [2.75, 3.05) is 25.0 Å². The van der Waals surface area contributed by atoms with Gasteiger partial charge in [0.25, 0.3) is 5.91 Å². The van der Waals surface area contributed by atoms with Gasteiger partial charge >= 0.3 is 6.03 Å². The smallest absolute Gasteiger partial charge is 0.318 e. The van der Waals surface area contributed by atoms with Crippen molar-refractivity contribution in [3.63, 3.8) is 0 Å². The molecule has 192 valence electrons. The lowest BCUT2D eigenvalue weighted by molar-refractivity contribution is 0.0517. The second-order valence-electron chi connectivity index (χ2n) is 10.3. The molecule has 0 aliphatic carbocycles. The number of fused-ring (bicyclic) bond motifs is 2. The van der Waals surface area contributed by atoms with Crippen LogP contribution in [-0.2, 0) is 13.0 Å². The van der Waals surface area contributed by atoms with Crippen molar-refractivity contribution >= 4 is 29.4 Å². The monoisotopic (exact) mass is 518 g/mol. The van der Waals surface area contributed by atoms with Crippen molar-refractivity contribution in [2.24, 2.45) is 0 Å². The fourth-order valence-electron chi connectivity index (χ4n) is 6.05. The number of H-pyrrole nitrogens is 1. The van der Waals surface area contributed by atoms with Crippen molar-refractivity contribution in [1.82, 2.24) is 24.9 Å². The van der Waals surface area contributed by atoms with Crippen molar-refractivity contribution in [1.29, 1.82) is 0 Å². The molecule has 3 aromatic rings. The maximum Gasteiger partial charge on any atom is 0.321 e. The van der Waals surface area contributed by atoms with Crippen molar-refractivity contribution in [3.05, 3.63) is 82.0 Å². The van der Waals surface area contributed by atoms with Crippen LogP contribution < -0.4 is 5.32 Å². The molecule has 0 bridgehead atoms. The lowest BCUT2D eigenvalue weighted by Crippen LogP contribution is -2.60. The zero-order chi connectivity index (χ0) is 25.5. The first kappa shape index (κ1) is 24.0. The number of aromatic amines is 1. The fourth-order valence-corrected chi connectivity index (χ4v) is 6.27. The van der Waals surface area contributed by atoms with Crippen molar-refractivity contribution in [2.45, 2.75) is 50.9 Å². The van der Waals surface area contributed by atoms with Gasteiger partial charge in [0, 0.05) is 24.7 Å². The molecule has 1 aromatic heterocycles. The Labute approximate surface area is 221 Å². The molecule has 9 heteroatoms. The van der Waals surface area contributed by atoms with Crippen molar-refractivity contribution < 1.29 is 9.59 Å². The summed E-state index contributed by atoms with van der Waals surface area (Å²) in [5, 5.41) is 10.7. The molecule has 37 heavy (non-hydrogen) atoms. The van der Waals surface area contributed by atoms with E-state index in [2.05, 4.69) is 49.6 Å². The highest BCUT2D eigenvalue weighted by atomic mass is 35.5. The highest BCUT2D eigenvalue weighted by Gasteiger charge is 2.43. The van der Waals surface area contributed by atoms with Gasteiger partial charge in [0.15, 0.2) is 5.82 Å². The van der Waals surface area contributed by atoms with E-state index in [9.17, 15) is 9.59 Å². The summed E-state index contributed by atoms with van der Waals surface area (Å²) < 4.78 is 0. The van der Waals surface area contributed by atoms with E-state index in [1.165, 1.54) is 12.0 Å². The summed E-state index contributed by atoms with van der Waals surface area (Å²) in [5.41, 5.74) is 3.34. The van der Waals surface area contributed by atoms with Crippen LogP contribution >= 0.6 is 11.6 Å². The van der Waals surface area contributed by atoms with E-state index in [1.54, 1.807) is 24.3 Å². The van der Waals surface area contributed by atoms with Crippen LogP contribution in [0, 0.1) is 0 Å². The Kier molecular flexibility index (Phi) is 6.38. The maximum atomic E-state index is 14.1. The Bertz CT molecular complexity index is 1310. The quantitative estimate of drug-likeness (QED) is 0.524. The van der Waals surface area contributed by atoms with E-state index >= 15 is 0 Å². The zero-order valence-electron chi connectivity index (χ0n) is 20.9. The molecule has 0 radical (unpaired) electrons. The van der Waals surface area contributed by atoms with Gasteiger partial charge in [-0.05, 0) is 50.4 Å². The van der Waals surface area contributed by atoms with E-state index in [0.717, 1.165) is 43.7 Å². The van der Waals surface area contributed by atoms with Crippen LogP contribution in [0.3, 0.4) is 0 Å². The second kappa shape index (κ2) is 9.84. The van der Waals surface area contributed by atoms with Gasteiger partial charge in [-0.2, -0.15) is 5.10 Å². The minimum Gasteiger partial charge on any atom is -0.318 e. The minimum atomic E-state index is -0.322. The van der Waals surface area contributed by atoms with E-state index in [1.807, 2.05) is 17.9 Å². The maximum absolute atomic E-state index is 14.1. The predicted molar refractivity (Wildman–Crippen MR) is 143 cm³/mol. The molecule has 2 aromatic carbocycles. The number of urea groups is 1. The van der Waals surface area contributed by atoms with Gasteiger partial charge in [-0.1, -0.05) is 54.1 Å². The average molecular weight is 519 g/mol. The van der Waals surface area contributed by atoms with E-state index < -0.39 is 0 Å². The number of amides is 3. The molecule has 3 atom stereocenters. The van der Waals surface area contributed by atoms with E-state index in [0.29, 0.717) is 29.0 Å². The first-order valence-corrected chi connectivity index (χ1v) is 13.4. The van der Waals surface area contributed by atoms with Crippen LogP contribution in [0.5, 0.6) is 0 Å². The summed E-state index contributed by atoms with van der Waals surface area (Å²) in [6.45, 7) is 5.18. The Morgan fingerprint density at radius 1 is 1.08 bits per heavy atom. The number of piperazine rings is 1. The number of carbonyl (C=O) groups excluding carboxylic acids is 2. The van der Waals surface area contributed by atoms with Crippen LogP contribution in [-0.4, -0.2) is 68.6 Å².